The van der Waals surface area contributed by atoms with Gasteiger partial charge in [0.2, 0.25) is 0 Å². The Bertz CT molecular complexity index is 604. The molecule has 0 aliphatic carbocycles. The summed E-state index contributed by atoms with van der Waals surface area (Å²) in [4.78, 5) is 11.7. The van der Waals surface area contributed by atoms with Crippen molar-refractivity contribution < 1.29 is 13.2 Å². The second kappa shape index (κ2) is 6.43. The largest absolute Gasteiger partial charge is 0.350 e. The Hall–Kier alpha value is -0.300. The van der Waals surface area contributed by atoms with E-state index in [0.29, 0.717) is 0 Å². The molecule has 19 heavy (non-hydrogen) atoms. The predicted molar refractivity (Wildman–Crippen MR) is 79.4 cm³/mol. The predicted octanol–water partition coefficient (Wildman–Crippen LogP) is 3.56. The second-order valence-electron chi connectivity index (χ2n) is 3.99. The molecule has 106 valence electrons. The number of hydrogen-bond acceptors (Lipinski definition) is 3. The second-order valence-corrected chi connectivity index (χ2v) is 7.73. The molecule has 1 aromatic rings. The van der Waals surface area contributed by atoms with E-state index in [1.165, 1.54) is 12.1 Å². The summed E-state index contributed by atoms with van der Waals surface area (Å²) < 4.78 is 23.0. The zero-order valence-electron chi connectivity index (χ0n) is 10.2. The molecule has 0 spiro atoms. The molecule has 1 amide bonds. The van der Waals surface area contributed by atoms with Crippen LogP contribution >= 0.6 is 38.2 Å². The topological polar surface area (TPSA) is 63.2 Å². The lowest BCUT2D eigenvalue weighted by Gasteiger charge is -2.12. The van der Waals surface area contributed by atoms with Crippen LogP contribution in [-0.4, -0.2) is 20.4 Å². The number of benzene rings is 1. The van der Waals surface area contributed by atoms with E-state index in [9.17, 15) is 13.2 Å². The highest BCUT2D eigenvalue weighted by molar-refractivity contribution is 9.10. The van der Waals surface area contributed by atoms with Crippen molar-refractivity contribution in [1.82, 2.24) is 5.32 Å². The summed E-state index contributed by atoms with van der Waals surface area (Å²) >= 11 is 8.93. The smallest absolute Gasteiger partial charge is 0.262 e. The number of carbonyl (C=O) groups excluding carboxylic acids is 1. The Kier molecular flexibility index (Phi) is 5.67. The molecule has 0 bridgehead atoms. The summed E-state index contributed by atoms with van der Waals surface area (Å²) in [5.41, 5.74) is 0.146. The van der Waals surface area contributed by atoms with Gasteiger partial charge >= 0.3 is 0 Å². The van der Waals surface area contributed by atoms with Gasteiger partial charge in [-0.25, -0.2) is 8.42 Å². The van der Waals surface area contributed by atoms with Gasteiger partial charge in [-0.15, -0.1) is 0 Å². The van der Waals surface area contributed by atoms with Gasteiger partial charge in [0.05, 0.1) is 14.4 Å². The van der Waals surface area contributed by atoms with E-state index in [1.54, 1.807) is 0 Å². The highest BCUT2D eigenvalue weighted by Crippen LogP contribution is 2.33. The number of halogens is 3. The minimum atomic E-state index is -3.99. The molecule has 0 radical (unpaired) electrons. The van der Waals surface area contributed by atoms with Crippen LogP contribution in [0, 0.1) is 0 Å². The zero-order chi connectivity index (χ0) is 14.8. The van der Waals surface area contributed by atoms with E-state index in [-0.39, 0.29) is 26.0 Å². The third kappa shape index (κ3) is 4.34. The first-order valence-corrected chi connectivity index (χ1v) is 8.89. The van der Waals surface area contributed by atoms with Gasteiger partial charge < -0.3 is 5.32 Å². The molecule has 0 fully saturated rings. The molecule has 1 N–H and O–H groups in total. The van der Waals surface area contributed by atoms with Crippen LogP contribution in [0.5, 0.6) is 0 Å². The number of amides is 1. The summed E-state index contributed by atoms with van der Waals surface area (Å²) in [6, 6.07) is 2.55. The molecule has 0 aromatic heterocycles. The number of nitrogens with one attached hydrogen (secondary N) is 1. The van der Waals surface area contributed by atoms with Gasteiger partial charge in [0, 0.05) is 22.3 Å². The first kappa shape index (κ1) is 16.8. The van der Waals surface area contributed by atoms with E-state index in [0.717, 1.165) is 6.42 Å². The Morgan fingerprint density at radius 3 is 2.53 bits per heavy atom. The van der Waals surface area contributed by atoms with Crippen LogP contribution in [0.25, 0.3) is 0 Å². The van der Waals surface area contributed by atoms with E-state index in [1.807, 2.05) is 13.8 Å². The molecule has 1 rings (SSSR count). The monoisotopic (exact) mass is 387 g/mol. The van der Waals surface area contributed by atoms with Crippen LogP contribution in [0.1, 0.15) is 30.6 Å². The lowest BCUT2D eigenvalue weighted by Crippen LogP contribution is -2.32. The highest BCUT2D eigenvalue weighted by atomic mass is 79.9. The normalized spacial score (nSPS) is 13.1. The van der Waals surface area contributed by atoms with Gasteiger partial charge in [0.1, 0.15) is 0 Å². The maximum absolute atomic E-state index is 11.9. The Labute approximate surface area is 130 Å². The first-order chi connectivity index (χ1) is 8.66. The van der Waals surface area contributed by atoms with Gasteiger partial charge in [0.25, 0.3) is 15.0 Å². The molecule has 0 saturated carbocycles. The van der Waals surface area contributed by atoms with Crippen LogP contribution in [0.15, 0.2) is 21.5 Å². The van der Waals surface area contributed by atoms with Gasteiger partial charge in [0.15, 0.2) is 0 Å². The molecule has 1 aromatic carbocycles. The Morgan fingerprint density at radius 1 is 1.47 bits per heavy atom. The maximum Gasteiger partial charge on any atom is 0.262 e. The van der Waals surface area contributed by atoms with E-state index < -0.39 is 15.0 Å². The van der Waals surface area contributed by atoms with E-state index in [4.69, 9.17) is 22.3 Å². The van der Waals surface area contributed by atoms with Crippen LogP contribution in [-0.2, 0) is 9.05 Å². The number of rotatable bonds is 4. The summed E-state index contributed by atoms with van der Waals surface area (Å²) in [6.07, 6.45) is 0.761. The molecule has 0 heterocycles. The average Bonchev–Trinajstić information content (AvgIpc) is 2.30. The average molecular weight is 389 g/mol. The van der Waals surface area contributed by atoms with Crippen molar-refractivity contribution in [3.8, 4) is 0 Å². The quantitative estimate of drug-likeness (QED) is 0.802. The number of hydrogen-bond donors (Lipinski definition) is 1. The standard InChI is InChI=1S/C11H12BrCl2NO3S/c1-3-6(2)15-11(16)7-4-8(13)10(12)9(5-7)19(14,17)18/h4-6H,3H2,1-2H3,(H,15,16). The first-order valence-electron chi connectivity index (χ1n) is 5.41. The van der Waals surface area contributed by atoms with Gasteiger partial charge in [-0.05, 0) is 41.4 Å². The fraction of sp³-hybridized carbons (Fsp3) is 0.364. The van der Waals surface area contributed by atoms with E-state index in [2.05, 4.69) is 21.2 Å². The van der Waals surface area contributed by atoms with Gasteiger partial charge in [-0.2, -0.15) is 0 Å². The third-order valence-corrected chi connectivity index (χ3v) is 5.50. The SMILES string of the molecule is CCC(C)NC(=O)c1cc(Cl)c(Br)c(S(=O)(=O)Cl)c1. The van der Waals surface area contributed by atoms with Crippen molar-refractivity contribution in [2.24, 2.45) is 0 Å². The summed E-state index contributed by atoms with van der Waals surface area (Å²) in [6.45, 7) is 3.77. The Balaban J connectivity index is 3.25. The summed E-state index contributed by atoms with van der Waals surface area (Å²) in [5, 5.41) is 2.83. The molecular formula is C11H12BrCl2NO3S. The molecular weight excluding hydrogens is 377 g/mol. The van der Waals surface area contributed by atoms with Crippen molar-refractivity contribution in [2.45, 2.75) is 31.2 Å². The van der Waals surface area contributed by atoms with Crippen LogP contribution in [0.4, 0.5) is 0 Å². The molecule has 0 aliphatic rings. The highest BCUT2D eigenvalue weighted by Gasteiger charge is 2.20. The summed E-state index contributed by atoms with van der Waals surface area (Å²) in [5.74, 6) is -0.398. The lowest BCUT2D eigenvalue weighted by atomic mass is 10.2. The van der Waals surface area contributed by atoms with Gasteiger partial charge in [-0.3, -0.25) is 4.79 Å². The van der Waals surface area contributed by atoms with Crippen molar-refractivity contribution in [3.63, 3.8) is 0 Å². The van der Waals surface area contributed by atoms with Crippen LogP contribution in [0.3, 0.4) is 0 Å². The minimum absolute atomic E-state index is 0.0222. The number of carbonyl (C=O) groups is 1. The zero-order valence-corrected chi connectivity index (χ0v) is 14.1. The summed E-state index contributed by atoms with van der Waals surface area (Å²) in [7, 11) is 1.31. The van der Waals surface area contributed by atoms with Crippen molar-refractivity contribution in [2.75, 3.05) is 0 Å². The molecule has 8 heteroatoms. The molecule has 1 atom stereocenters. The molecule has 0 saturated heterocycles. The van der Waals surface area contributed by atoms with E-state index >= 15 is 0 Å². The van der Waals surface area contributed by atoms with Crippen molar-refractivity contribution >= 4 is 53.2 Å². The van der Waals surface area contributed by atoms with Crippen molar-refractivity contribution in [3.05, 3.63) is 27.2 Å². The van der Waals surface area contributed by atoms with Crippen LogP contribution < -0.4 is 5.32 Å². The van der Waals surface area contributed by atoms with Crippen LogP contribution in [0.2, 0.25) is 5.02 Å². The molecule has 4 nitrogen and oxygen atoms in total. The third-order valence-electron chi connectivity index (χ3n) is 2.51. The maximum atomic E-state index is 11.9. The fourth-order valence-electron chi connectivity index (χ4n) is 1.28. The van der Waals surface area contributed by atoms with Crippen molar-refractivity contribution in [1.29, 1.82) is 0 Å². The molecule has 1 unspecified atom stereocenters. The Morgan fingerprint density at radius 2 is 2.05 bits per heavy atom. The minimum Gasteiger partial charge on any atom is -0.350 e. The fourth-order valence-corrected chi connectivity index (χ4v) is 3.66. The molecule has 0 aliphatic heterocycles. The van der Waals surface area contributed by atoms with Gasteiger partial charge in [-0.1, -0.05) is 18.5 Å². The lowest BCUT2D eigenvalue weighted by molar-refractivity contribution is 0.0939.